The van der Waals surface area contributed by atoms with Crippen LogP contribution < -0.4 is 0 Å². The van der Waals surface area contributed by atoms with Crippen LogP contribution in [0.1, 0.15) is 219 Å². The average molecular weight is 955 g/mol. The molecule has 0 aromatic heterocycles. The average Bonchev–Trinajstić information content (AvgIpc) is 3.28. The lowest BCUT2D eigenvalue weighted by Gasteiger charge is -2.40. The summed E-state index contributed by atoms with van der Waals surface area (Å²) < 4.78 is 54.2. The normalized spacial score (nSPS) is 19.8. The first-order valence-corrected chi connectivity index (χ1v) is 27.8. The van der Waals surface area contributed by atoms with E-state index in [0.717, 1.165) is 44.9 Å². The van der Waals surface area contributed by atoms with Gasteiger partial charge in [0, 0.05) is 12.8 Å². The van der Waals surface area contributed by atoms with Crippen molar-refractivity contribution in [3.8, 4) is 0 Å². The molecule has 4 N–H and O–H groups in total. The van der Waals surface area contributed by atoms with E-state index < -0.39 is 71.2 Å². The van der Waals surface area contributed by atoms with Crippen LogP contribution >= 0.6 is 0 Å². The summed E-state index contributed by atoms with van der Waals surface area (Å²) in [5.41, 5.74) is 0. The summed E-state index contributed by atoms with van der Waals surface area (Å²) in [6.45, 7) is 3.72. The van der Waals surface area contributed by atoms with Crippen LogP contribution in [-0.2, 0) is 38.7 Å². The molecule has 1 aliphatic heterocycles. The number of rotatable bonds is 44. The minimum Gasteiger partial charge on any atom is -0.462 e. The van der Waals surface area contributed by atoms with E-state index in [1.807, 2.05) is 12.2 Å². The molecular formula is C53H94O12S. The van der Waals surface area contributed by atoms with Crippen LogP contribution in [0, 0.1) is 0 Å². The van der Waals surface area contributed by atoms with E-state index in [-0.39, 0.29) is 19.4 Å². The van der Waals surface area contributed by atoms with Crippen molar-refractivity contribution < 1.29 is 56.8 Å². The third-order valence-electron chi connectivity index (χ3n) is 11.9. The fourth-order valence-corrected chi connectivity index (χ4v) is 8.54. The van der Waals surface area contributed by atoms with Gasteiger partial charge < -0.3 is 34.3 Å². The zero-order valence-electron chi connectivity index (χ0n) is 41.3. The van der Waals surface area contributed by atoms with E-state index in [1.165, 1.54) is 128 Å². The number of aliphatic hydroxyl groups excluding tert-OH is 3. The van der Waals surface area contributed by atoms with Gasteiger partial charge in [-0.05, 0) is 51.4 Å². The van der Waals surface area contributed by atoms with Gasteiger partial charge in [-0.1, -0.05) is 204 Å². The highest BCUT2D eigenvalue weighted by molar-refractivity contribution is 7.85. The van der Waals surface area contributed by atoms with Crippen LogP contribution in [0.2, 0.25) is 0 Å². The number of hydrogen-bond donors (Lipinski definition) is 4. The summed E-state index contributed by atoms with van der Waals surface area (Å²) in [5.74, 6) is -2.05. The zero-order valence-corrected chi connectivity index (χ0v) is 42.1. The van der Waals surface area contributed by atoms with Gasteiger partial charge in [0.2, 0.25) is 0 Å². The number of aliphatic hydroxyl groups is 3. The minimum atomic E-state index is -4.61. The summed E-state index contributed by atoms with van der Waals surface area (Å²) in [7, 11) is -4.61. The van der Waals surface area contributed by atoms with Crippen LogP contribution in [0.25, 0.3) is 0 Å². The standard InChI is InChI=1S/C53H94O12S/c1-3-5-7-9-11-13-15-17-19-21-22-23-24-26-27-29-31-33-35-37-39-41-48(54)62-43-46(44-63-53-52(58)51(57)50(56)47(65-53)45-66(59,60)61)64-49(55)42-40-38-36-34-32-30-28-25-20-18-16-14-12-10-8-6-4-2/h12,14,18,20,28,30,34,36,46-47,50-53,56-58H,3-11,13,15-17,19,21-27,29,31-33,35,37-45H2,1-2H3,(H,59,60,61)/b14-12+,20-18+,30-28+,36-34+/t46-,47-,50-,51?,52?,53+/m1/s1. The third-order valence-corrected chi connectivity index (χ3v) is 12.7. The van der Waals surface area contributed by atoms with Gasteiger partial charge in [0.25, 0.3) is 10.1 Å². The minimum absolute atomic E-state index is 0.0891. The molecule has 1 heterocycles. The van der Waals surface area contributed by atoms with Crippen molar-refractivity contribution in [3.05, 3.63) is 48.6 Å². The fraction of sp³-hybridized carbons (Fsp3) is 0.811. The highest BCUT2D eigenvalue weighted by atomic mass is 32.2. The van der Waals surface area contributed by atoms with Gasteiger partial charge in [0.15, 0.2) is 12.4 Å². The molecule has 66 heavy (non-hydrogen) atoms. The molecule has 0 radical (unpaired) electrons. The van der Waals surface area contributed by atoms with Gasteiger partial charge in [-0.25, -0.2) is 0 Å². The van der Waals surface area contributed by atoms with Gasteiger partial charge in [-0.3, -0.25) is 14.1 Å². The largest absolute Gasteiger partial charge is 0.462 e. The van der Waals surface area contributed by atoms with E-state index in [4.69, 9.17) is 18.9 Å². The van der Waals surface area contributed by atoms with Crippen molar-refractivity contribution in [2.45, 2.75) is 256 Å². The molecule has 384 valence electrons. The molecule has 2 unspecified atom stereocenters. The number of carbonyl (C=O) groups is 2. The molecule has 1 saturated heterocycles. The van der Waals surface area contributed by atoms with Crippen molar-refractivity contribution >= 4 is 22.1 Å². The number of carbonyl (C=O) groups excluding carboxylic acids is 2. The monoisotopic (exact) mass is 955 g/mol. The molecule has 0 amide bonds. The van der Waals surface area contributed by atoms with Gasteiger partial charge in [-0.15, -0.1) is 0 Å². The van der Waals surface area contributed by atoms with Gasteiger partial charge in [0.1, 0.15) is 36.8 Å². The van der Waals surface area contributed by atoms with E-state index in [9.17, 15) is 37.9 Å². The summed E-state index contributed by atoms with van der Waals surface area (Å²) in [6, 6.07) is 0. The Hall–Kier alpha value is -2.39. The van der Waals surface area contributed by atoms with Crippen LogP contribution in [0.3, 0.4) is 0 Å². The molecule has 0 bridgehead atoms. The molecular weight excluding hydrogens is 861 g/mol. The Morgan fingerprint density at radius 2 is 0.924 bits per heavy atom. The number of hydrogen-bond acceptors (Lipinski definition) is 11. The topological polar surface area (TPSA) is 186 Å². The molecule has 1 aliphatic rings. The molecule has 1 rings (SSSR count). The predicted molar refractivity (Wildman–Crippen MR) is 266 cm³/mol. The van der Waals surface area contributed by atoms with E-state index >= 15 is 0 Å². The number of esters is 2. The van der Waals surface area contributed by atoms with Crippen molar-refractivity contribution in [3.63, 3.8) is 0 Å². The van der Waals surface area contributed by atoms with Gasteiger partial charge >= 0.3 is 11.9 Å². The lowest BCUT2D eigenvalue weighted by Crippen LogP contribution is -2.60. The first kappa shape index (κ1) is 61.6. The fourth-order valence-electron chi connectivity index (χ4n) is 7.85. The molecule has 0 spiro atoms. The third kappa shape index (κ3) is 36.6. The summed E-state index contributed by atoms with van der Waals surface area (Å²) in [6.07, 6.45) is 43.0. The maximum Gasteiger partial charge on any atom is 0.306 e. The second-order valence-corrected chi connectivity index (χ2v) is 19.7. The van der Waals surface area contributed by atoms with Gasteiger partial charge in [-0.2, -0.15) is 8.42 Å². The Morgan fingerprint density at radius 1 is 0.515 bits per heavy atom. The second kappa shape index (κ2) is 42.7. The second-order valence-electron chi connectivity index (χ2n) is 18.2. The van der Waals surface area contributed by atoms with E-state index in [1.54, 1.807) is 0 Å². The first-order chi connectivity index (χ1) is 32.0. The number of ether oxygens (including phenoxy) is 4. The molecule has 12 nitrogen and oxygen atoms in total. The molecule has 0 saturated carbocycles. The van der Waals surface area contributed by atoms with Crippen molar-refractivity contribution in [2.75, 3.05) is 19.0 Å². The summed E-state index contributed by atoms with van der Waals surface area (Å²) in [4.78, 5) is 25.5. The quantitative estimate of drug-likeness (QED) is 0.0196. The molecule has 6 atom stereocenters. The SMILES string of the molecule is CCCCC/C=C/C/C=C/C/C=C/C/C=C/CCCC(=O)O[C@H](COC(=O)CCCCCCCCCCCCCCCCCCCCCCC)CO[C@H]1O[C@H](CS(=O)(=O)O)[C@@H](O)C(O)C1O. The smallest absolute Gasteiger partial charge is 0.306 e. The summed E-state index contributed by atoms with van der Waals surface area (Å²) in [5, 5.41) is 31.0. The van der Waals surface area contributed by atoms with Crippen molar-refractivity contribution in [2.24, 2.45) is 0 Å². The Kier molecular flexibility index (Phi) is 39.9. The van der Waals surface area contributed by atoms with Crippen LogP contribution in [0.15, 0.2) is 48.6 Å². The van der Waals surface area contributed by atoms with Gasteiger partial charge in [0.05, 0.1) is 6.61 Å². The Labute approximate surface area is 401 Å². The number of allylic oxidation sites excluding steroid dienone is 8. The highest BCUT2D eigenvalue weighted by Gasteiger charge is 2.46. The van der Waals surface area contributed by atoms with Crippen molar-refractivity contribution in [1.29, 1.82) is 0 Å². The lowest BCUT2D eigenvalue weighted by molar-refractivity contribution is -0.297. The van der Waals surface area contributed by atoms with Crippen molar-refractivity contribution in [1.82, 2.24) is 0 Å². The molecule has 13 heteroatoms. The maximum atomic E-state index is 12.8. The van der Waals surface area contributed by atoms with E-state index in [2.05, 4.69) is 50.3 Å². The first-order valence-electron chi connectivity index (χ1n) is 26.2. The highest BCUT2D eigenvalue weighted by Crippen LogP contribution is 2.24. The van der Waals surface area contributed by atoms with Crippen LogP contribution in [0.4, 0.5) is 0 Å². The Bertz CT molecular complexity index is 1400. The summed E-state index contributed by atoms with van der Waals surface area (Å²) >= 11 is 0. The molecule has 0 aliphatic carbocycles. The lowest BCUT2D eigenvalue weighted by atomic mass is 10.00. The van der Waals surface area contributed by atoms with Crippen LogP contribution in [0.5, 0.6) is 0 Å². The van der Waals surface area contributed by atoms with Crippen LogP contribution in [-0.4, -0.2) is 96.0 Å². The molecule has 0 aromatic carbocycles. The Balaban J connectivity index is 2.39. The van der Waals surface area contributed by atoms with E-state index in [0.29, 0.717) is 19.3 Å². The predicted octanol–water partition coefficient (Wildman–Crippen LogP) is 11.9. The Morgan fingerprint density at radius 3 is 1.39 bits per heavy atom. The molecule has 1 fully saturated rings. The molecule has 0 aromatic rings. The maximum absolute atomic E-state index is 12.8. The zero-order chi connectivity index (χ0) is 48.4. The number of unbranched alkanes of at least 4 members (excludes halogenated alkanes) is 24.